The molecule has 1 aliphatic heterocycles. The van der Waals surface area contributed by atoms with E-state index in [9.17, 15) is 4.79 Å². The molecule has 1 amide bonds. The predicted octanol–water partition coefficient (Wildman–Crippen LogP) is 2.80. The molecule has 0 bridgehead atoms. The smallest absolute Gasteiger partial charge is 0.233 e. The standard InChI is InChI=1S/C18H25N5OS2/c1-2-8-19-17-20-21-18(26-17)25-14-16(24)23-11-9-22(10-12-23)13-15-6-4-3-5-7-15/h3-7H,2,8-14H2,1H3,(H,19,20). The summed E-state index contributed by atoms with van der Waals surface area (Å²) in [5.74, 6) is 0.619. The van der Waals surface area contributed by atoms with Gasteiger partial charge < -0.3 is 10.2 Å². The molecule has 6 nitrogen and oxygen atoms in total. The molecule has 0 radical (unpaired) electrons. The number of nitrogens with zero attached hydrogens (tertiary/aromatic N) is 4. The normalized spacial score (nSPS) is 15.2. The maximum absolute atomic E-state index is 12.4. The molecular formula is C18H25N5OS2. The van der Waals surface area contributed by atoms with E-state index in [4.69, 9.17) is 0 Å². The van der Waals surface area contributed by atoms with Crippen molar-refractivity contribution in [2.24, 2.45) is 0 Å². The van der Waals surface area contributed by atoms with E-state index in [1.54, 1.807) is 0 Å². The Labute approximate surface area is 163 Å². The summed E-state index contributed by atoms with van der Waals surface area (Å²) in [6.45, 7) is 7.41. The van der Waals surface area contributed by atoms with Crippen LogP contribution >= 0.6 is 23.1 Å². The third-order valence-electron chi connectivity index (χ3n) is 4.23. The van der Waals surface area contributed by atoms with E-state index in [0.717, 1.165) is 55.2 Å². The van der Waals surface area contributed by atoms with Crippen LogP contribution in [0, 0.1) is 0 Å². The highest BCUT2D eigenvalue weighted by molar-refractivity contribution is 8.01. The molecule has 2 heterocycles. The number of rotatable bonds is 8. The van der Waals surface area contributed by atoms with Gasteiger partial charge in [0, 0.05) is 39.3 Å². The van der Waals surface area contributed by atoms with Crippen molar-refractivity contribution in [2.75, 3.05) is 43.8 Å². The molecule has 0 aliphatic carbocycles. The fraction of sp³-hybridized carbons (Fsp3) is 0.500. The molecule has 1 aliphatic rings. The molecule has 3 rings (SSSR count). The summed E-state index contributed by atoms with van der Waals surface area (Å²) < 4.78 is 0.847. The van der Waals surface area contributed by atoms with Gasteiger partial charge in [-0.15, -0.1) is 10.2 Å². The molecule has 0 spiro atoms. The zero-order valence-electron chi connectivity index (χ0n) is 15.1. The van der Waals surface area contributed by atoms with Gasteiger partial charge in [0.2, 0.25) is 11.0 Å². The van der Waals surface area contributed by atoms with Crippen LogP contribution in [0.3, 0.4) is 0 Å². The number of hydrogen-bond donors (Lipinski definition) is 1. The van der Waals surface area contributed by atoms with Crippen LogP contribution in [0.15, 0.2) is 34.7 Å². The van der Waals surface area contributed by atoms with Gasteiger partial charge in [0.15, 0.2) is 4.34 Å². The average Bonchev–Trinajstić information content (AvgIpc) is 3.14. The Morgan fingerprint density at radius 2 is 1.96 bits per heavy atom. The molecule has 140 valence electrons. The first-order valence-corrected chi connectivity index (χ1v) is 10.8. The largest absolute Gasteiger partial charge is 0.360 e. The monoisotopic (exact) mass is 391 g/mol. The van der Waals surface area contributed by atoms with Gasteiger partial charge in [-0.2, -0.15) is 0 Å². The number of nitrogens with one attached hydrogen (secondary N) is 1. The highest BCUT2D eigenvalue weighted by Gasteiger charge is 2.21. The summed E-state index contributed by atoms with van der Waals surface area (Å²) in [7, 11) is 0. The number of aromatic nitrogens is 2. The zero-order chi connectivity index (χ0) is 18.2. The Morgan fingerprint density at radius 3 is 2.69 bits per heavy atom. The molecule has 0 saturated carbocycles. The molecule has 0 atom stereocenters. The van der Waals surface area contributed by atoms with Crippen LogP contribution in [-0.4, -0.2) is 64.4 Å². The molecule has 1 aromatic heterocycles. The summed E-state index contributed by atoms with van der Waals surface area (Å²) in [5.41, 5.74) is 1.33. The second kappa shape index (κ2) is 9.89. The Bertz CT molecular complexity index is 686. The maximum Gasteiger partial charge on any atom is 0.233 e. The van der Waals surface area contributed by atoms with Gasteiger partial charge in [0.25, 0.3) is 0 Å². The third kappa shape index (κ3) is 5.69. The van der Waals surface area contributed by atoms with E-state index in [1.165, 1.54) is 28.7 Å². The van der Waals surface area contributed by atoms with E-state index >= 15 is 0 Å². The predicted molar refractivity (Wildman–Crippen MR) is 108 cm³/mol. The molecule has 1 fully saturated rings. The molecule has 1 saturated heterocycles. The van der Waals surface area contributed by atoms with Crippen LogP contribution in [0.4, 0.5) is 5.13 Å². The van der Waals surface area contributed by atoms with Gasteiger partial charge in [-0.3, -0.25) is 9.69 Å². The van der Waals surface area contributed by atoms with Crippen LogP contribution in [-0.2, 0) is 11.3 Å². The number of piperazine rings is 1. The highest BCUT2D eigenvalue weighted by Crippen LogP contribution is 2.25. The second-order valence-corrected chi connectivity index (χ2v) is 8.43. The lowest BCUT2D eigenvalue weighted by molar-refractivity contribution is -0.130. The minimum atomic E-state index is 0.188. The van der Waals surface area contributed by atoms with Crippen molar-refractivity contribution in [1.82, 2.24) is 20.0 Å². The van der Waals surface area contributed by atoms with Crippen molar-refractivity contribution in [1.29, 1.82) is 0 Å². The van der Waals surface area contributed by atoms with Gasteiger partial charge in [-0.05, 0) is 12.0 Å². The Hall–Kier alpha value is -1.64. The van der Waals surface area contributed by atoms with Crippen LogP contribution in [0.5, 0.6) is 0 Å². The quantitative estimate of drug-likeness (QED) is 0.698. The first kappa shape index (κ1) is 19.1. The minimum absolute atomic E-state index is 0.188. The van der Waals surface area contributed by atoms with Crippen molar-refractivity contribution in [3.8, 4) is 0 Å². The van der Waals surface area contributed by atoms with Crippen molar-refractivity contribution < 1.29 is 4.79 Å². The van der Waals surface area contributed by atoms with Gasteiger partial charge in [0.05, 0.1) is 5.75 Å². The zero-order valence-corrected chi connectivity index (χ0v) is 16.7. The summed E-state index contributed by atoms with van der Waals surface area (Å²) in [4.78, 5) is 16.8. The van der Waals surface area contributed by atoms with E-state index in [1.807, 2.05) is 11.0 Å². The van der Waals surface area contributed by atoms with Gasteiger partial charge in [-0.25, -0.2) is 0 Å². The fourth-order valence-corrected chi connectivity index (χ4v) is 4.46. The molecule has 0 unspecified atom stereocenters. The number of hydrogen-bond acceptors (Lipinski definition) is 7. The molecule has 26 heavy (non-hydrogen) atoms. The fourth-order valence-electron chi connectivity index (χ4n) is 2.78. The Morgan fingerprint density at radius 1 is 1.19 bits per heavy atom. The molecule has 1 N–H and O–H groups in total. The number of amides is 1. The van der Waals surface area contributed by atoms with Gasteiger partial charge >= 0.3 is 0 Å². The van der Waals surface area contributed by atoms with Gasteiger partial charge in [0.1, 0.15) is 0 Å². The first-order valence-electron chi connectivity index (χ1n) is 8.99. The average molecular weight is 392 g/mol. The summed E-state index contributed by atoms with van der Waals surface area (Å²) in [6.07, 6.45) is 1.05. The van der Waals surface area contributed by atoms with Crippen LogP contribution in [0.25, 0.3) is 0 Å². The number of benzene rings is 1. The number of carbonyl (C=O) groups is 1. The Kier molecular flexibility index (Phi) is 7.28. The maximum atomic E-state index is 12.4. The SMILES string of the molecule is CCCNc1nnc(SCC(=O)N2CCN(Cc3ccccc3)CC2)s1. The van der Waals surface area contributed by atoms with Crippen LogP contribution in [0.1, 0.15) is 18.9 Å². The lowest BCUT2D eigenvalue weighted by Gasteiger charge is -2.34. The number of anilines is 1. The van der Waals surface area contributed by atoms with E-state index in [2.05, 4.69) is 51.6 Å². The van der Waals surface area contributed by atoms with E-state index in [-0.39, 0.29) is 5.91 Å². The van der Waals surface area contributed by atoms with Crippen molar-refractivity contribution in [2.45, 2.75) is 24.2 Å². The second-order valence-electron chi connectivity index (χ2n) is 6.23. The lowest BCUT2D eigenvalue weighted by atomic mass is 10.2. The number of thioether (sulfide) groups is 1. The van der Waals surface area contributed by atoms with E-state index in [0.29, 0.717) is 5.75 Å². The third-order valence-corrected chi connectivity index (χ3v) is 6.22. The van der Waals surface area contributed by atoms with Crippen LogP contribution in [0.2, 0.25) is 0 Å². The van der Waals surface area contributed by atoms with E-state index < -0.39 is 0 Å². The molecule has 1 aromatic carbocycles. The van der Waals surface area contributed by atoms with Crippen molar-refractivity contribution in [3.63, 3.8) is 0 Å². The lowest BCUT2D eigenvalue weighted by Crippen LogP contribution is -2.48. The van der Waals surface area contributed by atoms with Crippen LogP contribution < -0.4 is 5.32 Å². The molecule has 8 heteroatoms. The Balaban J connectivity index is 1.39. The topological polar surface area (TPSA) is 61.4 Å². The van der Waals surface area contributed by atoms with Gasteiger partial charge in [-0.1, -0.05) is 60.4 Å². The molecular weight excluding hydrogens is 366 g/mol. The minimum Gasteiger partial charge on any atom is -0.360 e. The first-order chi connectivity index (χ1) is 12.7. The van der Waals surface area contributed by atoms with Crippen molar-refractivity contribution in [3.05, 3.63) is 35.9 Å². The summed E-state index contributed by atoms with van der Waals surface area (Å²) in [5, 5.41) is 12.3. The summed E-state index contributed by atoms with van der Waals surface area (Å²) >= 11 is 2.99. The number of carbonyl (C=O) groups excluding carboxylic acids is 1. The summed E-state index contributed by atoms with van der Waals surface area (Å²) in [6, 6.07) is 10.5. The molecule has 2 aromatic rings. The van der Waals surface area contributed by atoms with Crippen molar-refractivity contribution >= 4 is 34.1 Å². The highest BCUT2D eigenvalue weighted by atomic mass is 32.2.